The highest BCUT2D eigenvalue weighted by molar-refractivity contribution is 5.15. The van der Waals surface area contributed by atoms with Crippen molar-refractivity contribution in [3.63, 3.8) is 0 Å². The number of nitrogens with one attached hydrogen (secondary N) is 1. The number of hydrogen-bond acceptors (Lipinski definition) is 2. The van der Waals surface area contributed by atoms with Crippen LogP contribution in [0.15, 0.2) is 24.5 Å². The highest BCUT2D eigenvalue weighted by atomic mass is 14.9. The molecular weight excluding hydrogens is 184 g/mol. The predicted octanol–water partition coefficient (Wildman–Crippen LogP) is 2.92. The zero-order valence-corrected chi connectivity index (χ0v) is 9.45. The molecule has 1 atom stereocenters. The van der Waals surface area contributed by atoms with E-state index in [0.717, 1.165) is 12.5 Å². The molecule has 15 heavy (non-hydrogen) atoms. The third-order valence-electron chi connectivity index (χ3n) is 3.28. The molecule has 0 amide bonds. The van der Waals surface area contributed by atoms with Gasteiger partial charge in [0.05, 0.1) is 0 Å². The second kappa shape index (κ2) is 5.26. The van der Waals surface area contributed by atoms with E-state index in [0.29, 0.717) is 6.04 Å². The topological polar surface area (TPSA) is 24.9 Å². The fourth-order valence-electron chi connectivity index (χ4n) is 2.19. The van der Waals surface area contributed by atoms with Gasteiger partial charge in [0.2, 0.25) is 0 Å². The maximum atomic E-state index is 4.21. The molecule has 82 valence electrons. The van der Waals surface area contributed by atoms with Crippen LogP contribution < -0.4 is 5.32 Å². The molecule has 0 aromatic carbocycles. The lowest BCUT2D eigenvalue weighted by Gasteiger charge is -2.34. The van der Waals surface area contributed by atoms with E-state index >= 15 is 0 Å². The van der Waals surface area contributed by atoms with Gasteiger partial charge in [0, 0.05) is 18.4 Å². The minimum atomic E-state index is 0.535. The Labute approximate surface area is 92.1 Å². The Balaban J connectivity index is 2.04. The monoisotopic (exact) mass is 204 g/mol. The van der Waals surface area contributed by atoms with Crippen LogP contribution in [0, 0.1) is 5.92 Å². The summed E-state index contributed by atoms with van der Waals surface area (Å²) in [6.45, 7) is 3.32. The molecule has 0 spiro atoms. The molecule has 1 aromatic heterocycles. The molecule has 1 saturated carbocycles. The van der Waals surface area contributed by atoms with E-state index in [1.165, 1.54) is 31.2 Å². The molecule has 1 aliphatic rings. The summed E-state index contributed by atoms with van der Waals surface area (Å²) in [7, 11) is 0. The average Bonchev–Trinajstić information content (AvgIpc) is 2.22. The Morgan fingerprint density at radius 2 is 2.40 bits per heavy atom. The van der Waals surface area contributed by atoms with Crippen LogP contribution >= 0.6 is 0 Å². The van der Waals surface area contributed by atoms with Gasteiger partial charge >= 0.3 is 0 Å². The van der Waals surface area contributed by atoms with Crippen molar-refractivity contribution < 1.29 is 0 Å². The molecule has 0 aliphatic heterocycles. The van der Waals surface area contributed by atoms with Crippen molar-refractivity contribution in [1.29, 1.82) is 0 Å². The number of pyridine rings is 1. The van der Waals surface area contributed by atoms with E-state index in [-0.39, 0.29) is 0 Å². The first-order valence-corrected chi connectivity index (χ1v) is 6.05. The second-order valence-electron chi connectivity index (χ2n) is 4.41. The van der Waals surface area contributed by atoms with Crippen molar-refractivity contribution in [1.82, 2.24) is 10.3 Å². The molecule has 0 saturated heterocycles. The summed E-state index contributed by atoms with van der Waals surface area (Å²) in [5.74, 6) is 0.834. The Bertz CT molecular complexity index is 280. The highest BCUT2D eigenvalue weighted by Crippen LogP contribution is 2.37. The van der Waals surface area contributed by atoms with E-state index in [2.05, 4.69) is 23.3 Å². The molecule has 2 nitrogen and oxygen atoms in total. The van der Waals surface area contributed by atoms with Crippen molar-refractivity contribution in [2.24, 2.45) is 5.92 Å². The average molecular weight is 204 g/mol. The maximum Gasteiger partial charge on any atom is 0.0363 e. The first-order chi connectivity index (χ1) is 7.42. The van der Waals surface area contributed by atoms with Crippen LogP contribution in [0.25, 0.3) is 0 Å². The zero-order chi connectivity index (χ0) is 10.5. The Morgan fingerprint density at radius 3 is 2.93 bits per heavy atom. The first-order valence-electron chi connectivity index (χ1n) is 6.05. The summed E-state index contributed by atoms with van der Waals surface area (Å²) in [5.41, 5.74) is 1.36. The van der Waals surface area contributed by atoms with Gasteiger partial charge in [-0.2, -0.15) is 0 Å². The SMILES string of the molecule is CCCNC(c1cccnc1)C1CCC1. The zero-order valence-electron chi connectivity index (χ0n) is 9.45. The van der Waals surface area contributed by atoms with Crippen LogP contribution in [0.2, 0.25) is 0 Å². The lowest BCUT2D eigenvalue weighted by molar-refractivity contribution is 0.231. The summed E-state index contributed by atoms with van der Waals surface area (Å²) >= 11 is 0. The van der Waals surface area contributed by atoms with Crippen LogP contribution in [0.5, 0.6) is 0 Å². The largest absolute Gasteiger partial charge is 0.310 e. The second-order valence-corrected chi connectivity index (χ2v) is 4.41. The third-order valence-corrected chi connectivity index (χ3v) is 3.28. The molecule has 0 bridgehead atoms. The number of hydrogen-bond donors (Lipinski definition) is 1. The fraction of sp³-hybridized carbons (Fsp3) is 0.615. The van der Waals surface area contributed by atoms with E-state index in [1.54, 1.807) is 0 Å². The molecule has 2 heteroatoms. The van der Waals surface area contributed by atoms with E-state index < -0.39 is 0 Å². The Hall–Kier alpha value is -0.890. The van der Waals surface area contributed by atoms with Gasteiger partial charge in [-0.1, -0.05) is 19.4 Å². The van der Waals surface area contributed by atoms with Crippen LogP contribution in [0.4, 0.5) is 0 Å². The lowest BCUT2D eigenvalue weighted by atomic mass is 9.77. The third kappa shape index (κ3) is 2.57. The molecule has 2 rings (SSSR count). The van der Waals surface area contributed by atoms with Gasteiger partial charge in [-0.25, -0.2) is 0 Å². The molecule has 1 heterocycles. The van der Waals surface area contributed by atoms with E-state index in [9.17, 15) is 0 Å². The van der Waals surface area contributed by atoms with Gasteiger partial charge in [-0.05, 0) is 43.4 Å². The number of rotatable bonds is 5. The molecule has 1 fully saturated rings. The molecular formula is C13H20N2. The minimum Gasteiger partial charge on any atom is -0.310 e. The summed E-state index contributed by atoms with van der Waals surface area (Å²) in [6, 6.07) is 4.76. The van der Waals surface area contributed by atoms with Gasteiger partial charge in [0.1, 0.15) is 0 Å². The van der Waals surface area contributed by atoms with Gasteiger partial charge in [-0.15, -0.1) is 0 Å². The quantitative estimate of drug-likeness (QED) is 0.797. The summed E-state index contributed by atoms with van der Waals surface area (Å²) in [6.07, 6.45) is 9.19. The molecule has 1 N–H and O–H groups in total. The first kappa shape index (κ1) is 10.6. The molecule has 1 unspecified atom stereocenters. The summed E-state index contributed by atoms with van der Waals surface area (Å²) in [4.78, 5) is 4.21. The van der Waals surface area contributed by atoms with Crippen LogP contribution in [-0.4, -0.2) is 11.5 Å². The van der Waals surface area contributed by atoms with E-state index in [1.807, 2.05) is 18.5 Å². The van der Waals surface area contributed by atoms with Crippen molar-refractivity contribution in [3.05, 3.63) is 30.1 Å². The van der Waals surface area contributed by atoms with Gasteiger partial charge in [0.25, 0.3) is 0 Å². The van der Waals surface area contributed by atoms with Crippen LogP contribution in [0.1, 0.15) is 44.2 Å². The van der Waals surface area contributed by atoms with E-state index in [4.69, 9.17) is 0 Å². The van der Waals surface area contributed by atoms with Crippen LogP contribution in [0.3, 0.4) is 0 Å². The van der Waals surface area contributed by atoms with Gasteiger partial charge in [-0.3, -0.25) is 4.98 Å². The minimum absolute atomic E-state index is 0.535. The molecule has 1 aliphatic carbocycles. The lowest BCUT2D eigenvalue weighted by Crippen LogP contribution is -2.32. The number of aromatic nitrogens is 1. The standard InChI is InChI=1S/C13H20N2/c1-2-8-15-13(11-5-3-6-11)12-7-4-9-14-10-12/h4,7,9-11,13,15H,2-3,5-6,8H2,1H3. The summed E-state index contributed by atoms with van der Waals surface area (Å²) < 4.78 is 0. The predicted molar refractivity (Wildman–Crippen MR) is 62.6 cm³/mol. The summed E-state index contributed by atoms with van der Waals surface area (Å²) in [5, 5.41) is 3.65. The van der Waals surface area contributed by atoms with Crippen LogP contribution in [-0.2, 0) is 0 Å². The van der Waals surface area contributed by atoms with Crippen molar-refractivity contribution >= 4 is 0 Å². The maximum absolute atomic E-state index is 4.21. The van der Waals surface area contributed by atoms with Gasteiger partial charge < -0.3 is 5.32 Å². The van der Waals surface area contributed by atoms with Crippen molar-refractivity contribution in [2.45, 2.75) is 38.6 Å². The smallest absolute Gasteiger partial charge is 0.0363 e. The van der Waals surface area contributed by atoms with Crippen molar-refractivity contribution in [3.8, 4) is 0 Å². The molecule has 0 radical (unpaired) electrons. The Morgan fingerprint density at radius 1 is 1.53 bits per heavy atom. The molecule has 1 aromatic rings. The number of nitrogens with zero attached hydrogens (tertiary/aromatic N) is 1. The normalized spacial score (nSPS) is 18.5. The Kier molecular flexibility index (Phi) is 3.73. The van der Waals surface area contributed by atoms with Crippen molar-refractivity contribution in [2.75, 3.05) is 6.54 Å². The fourth-order valence-corrected chi connectivity index (χ4v) is 2.19. The van der Waals surface area contributed by atoms with Gasteiger partial charge in [0.15, 0.2) is 0 Å². The highest BCUT2D eigenvalue weighted by Gasteiger charge is 2.27.